The first-order valence-electron chi connectivity index (χ1n) is 6.67. The minimum absolute atomic E-state index is 0.512. The van der Waals surface area contributed by atoms with Crippen molar-refractivity contribution in [3.05, 3.63) is 34.9 Å². The summed E-state index contributed by atoms with van der Waals surface area (Å²) in [6.45, 7) is 6.71. The summed E-state index contributed by atoms with van der Waals surface area (Å²) in [4.78, 5) is 0. The van der Waals surface area contributed by atoms with Gasteiger partial charge in [0.25, 0.3) is 0 Å². The van der Waals surface area contributed by atoms with Gasteiger partial charge in [0.1, 0.15) is 0 Å². The van der Waals surface area contributed by atoms with Gasteiger partial charge in [0.05, 0.1) is 0 Å². The number of nitrogens with one attached hydrogen (secondary N) is 2. The molecule has 1 aromatic rings. The van der Waals surface area contributed by atoms with Crippen LogP contribution in [0.25, 0.3) is 0 Å². The smallest absolute Gasteiger partial charge is 0.0349 e. The molecule has 1 fully saturated rings. The molecule has 2 nitrogen and oxygen atoms in total. The Morgan fingerprint density at radius 3 is 2.53 bits per heavy atom. The molecule has 0 bridgehead atoms. The third kappa shape index (κ3) is 2.88. The van der Waals surface area contributed by atoms with E-state index in [4.69, 9.17) is 0 Å². The maximum absolute atomic E-state index is 3.52. The minimum atomic E-state index is 0.512. The Bertz CT molecular complexity index is 367. The lowest BCUT2D eigenvalue weighted by Gasteiger charge is -2.31. The van der Waals surface area contributed by atoms with Crippen molar-refractivity contribution in [2.45, 2.75) is 32.7 Å². The van der Waals surface area contributed by atoms with Crippen molar-refractivity contribution in [2.24, 2.45) is 5.92 Å². The molecule has 0 spiro atoms. The highest BCUT2D eigenvalue weighted by molar-refractivity contribution is 5.33. The van der Waals surface area contributed by atoms with Gasteiger partial charge in [-0.1, -0.05) is 23.8 Å². The fourth-order valence-electron chi connectivity index (χ4n) is 3.00. The summed E-state index contributed by atoms with van der Waals surface area (Å²) in [5.74, 6) is 0.766. The van der Waals surface area contributed by atoms with Gasteiger partial charge >= 0.3 is 0 Å². The van der Waals surface area contributed by atoms with E-state index in [1.807, 2.05) is 0 Å². The van der Waals surface area contributed by atoms with Gasteiger partial charge in [-0.3, -0.25) is 0 Å². The maximum atomic E-state index is 3.52. The molecule has 1 aromatic carbocycles. The zero-order valence-electron chi connectivity index (χ0n) is 11.2. The van der Waals surface area contributed by atoms with Gasteiger partial charge in [0.15, 0.2) is 0 Å². The predicted octanol–water partition coefficient (Wildman–Crippen LogP) is 2.56. The summed E-state index contributed by atoms with van der Waals surface area (Å²) in [5, 5.41) is 6.96. The number of piperidine rings is 1. The minimum Gasteiger partial charge on any atom is -0.317 e. The van der Waals surface area contributed by atoms with Crippen molar-refractivity contribution < 1.29 is 0 Å². The Kier molecular flexibility index (Phi) is 4.19. The molecule has 1 aliphatic rings. The van der Waals surface area contributed by atoms with Crippen LogP contribution in [0.4, 0.5) is 0 Å². The quantitative estimate of drug-likeness (QED) is 0.837. The van der Waals surface area contributed by atoms with Gasteiger partial charge in [0, 0.05) is 6.04 Å². The average molecular weight is 232 g/mol. The fraction of sp³-hybridized carbons (Fsp3) is 0.600. The van der Waals surface area contributed by atoms with E-state index in [2.05, 4.69) is 49.7 Å². The van der Waals surface area contributed by atoms with Crippen molar-refractivity contribution in [2.75, 3.05) is 20.1 Å². The Morgan fingerprint density at radius 2 is 1.94 bits per heavy atom. The molecule has 0 saturated carbocycles. The van der Waals surface area contributed by atoms with Gasteiger partial charge in [0.2, 0.25) is 0 Å². The van der Waals surface area contributed by atoms with Crippen LogP contribution >= 0.6 is 0 Å². The third-order valence-corrected chi connectivity index (χ3v) is 3.93. The Morgan fingerprint density at radius 1 is 1.24 bits per heavy atom. The molecule has 0 amide bonds. The molecule has 2 rings (SSSR count). The topological polar surface area (TPSA) is 24.1 Å². The largest absolute Gasteiger partial charge is 0.317 e. The Hall–Kier alpha value is -0.860. The van der Waals surface area contributed by atoms with Crippen molar-refractivity contribution in [3.8, 4) is 0 Å². The van der Waals surface area contributed by atoms with Crippen molar-refractivity contribution in [1.29, 1.82) is 0 Å². The Labute approximate surface area is 105 Å². The van der Waals surface area contributed by atoms with Gasteiger partial charge in [-0.25, -0.2) is 0 Å². The molecule has 0 radical (unpaired) electrons. The van der Waals surface area contributed by atoms with Crippen molar-refractivity contribution in [3.63, 3.8) is 0 Å². The van der Waals surface area contributed by atoms with E-state index in [1.54, 1.807) is 0 Å². The molecule has 0 aliphatic carbocycles. The van der Waals surface area contributed by atoms with Crippen molar-refractivity contribution >= 4 is 0 Å². The first kappa shape index (κ1) is 12.6. The molecule has 1 aliphatic heterocycles. The molecular weight excluding hydrogens is 208 g/mol. The van der Waals surface area contributed by atoms with E-state index in [9.17, 15) is 0 Å². The highest BCUT2D eigenvalue weighted by Crippen LogP contribution is 2.30. The maximum Gasteiger partial charge on any atom is 0.0349 e. The molecule has 2 N–H and O–H groups in total. The van der Waals surface area contributed by atoms with Crippen LogP contribution < -0.4 is 10.6 Å². The molecule has 1 saturated heterocycles. The van der Waals surface area contributed by atoms with Gasteiger partial charge in [-0.05, 0) is 63.9 Å². The van der Waals surface area contributed by atoms with Gasteiger partial charge in [-0.15, -0.1) is 0 Å². The summed E-state index contributed by atoms with van der Waals surface area (Å²) in [6.07, 6.45) is 2.55. The van der Waals surface area contributed by atoms with E-state index in [0.717, 1.165) is 19.0 Å². The normalized spacial score (nSPS) is 19.2. The van der Waals surface area contributed by atoms with E-state index in [-0.39, 0.29) is 0 Å². The van der Waals surface area contributed by atoms with E-state index in [1.165, 1.54) is 29.5 Å². The predicted molar refractivity (Wildman–Crippen MR) is 73.3 cm³/mol. The SMILES string of the molecule is CNC(c1ccc(C)cc1C)C1CCNCC1. The number of hydrogen-bond donors (Lipinski definition) is 2. The molecule has 1 unspecified atom stereocenters. The van der Waals surface area contributed by atoms with Crippen LogP contribution in [0.3, 0.4) is 0 Å². The second kappa shape index (κ2) is 5.65. The summed E-state index contributed by atoms with van der Waals surface area (Å²) in [5.41, 5.74) is 4.25. The third-order valence-electron chi connectivity index (χ3n) is 3.93. The summed E-state index contributed by atoms with van der Waals surface area (Å²) < 4.78 is 0. The lowest BCUT2D eigenvalue weighted by atomic mass is 9.84. The first-order chi connectivity index (χ1) is 8.22. The van der Waals surface area contributed by atoms with Crippen LogP contribution in [-0.2, 0) is 0 Å². The van der Waals surface area contributed by atoms with Crippen LogP contribution in [0.15, 0.2) is 18.2 Å². The molecular formula is C15H24N2. The molecule has 0 aromatic heterocycles. The second-order valence-corrected chi connectivity index (χ2v) is 5.21. The van der Waals surface area contributed by atoms with Crippen LogP contribution in [0.2, 0.25) is 0 Å². The standard InChI is InChI=1S/C15H24N2/c1-11-4-5-14(12(2)10-11)15(16-3)13-6-8-17-9-7-13/h4-5,10,13,15-17H,6-9H2,1-3H3. The summed E-state index contributed by atoms with van der Waals surface area (Å²) >= 11 is 0. The number of rotatable bonds is 3. The molecule has 94 valence electrons. The average Bonchev–Trinajstić information content (AvgIpc) is 2.34. The van der Waals surface area contributed by atoms with Gasteiger partial charge < -0.3 is 10.6 Å². The van der Waals surface area contributed by atoms with E-state index < -0.39 is 0 Å². The highest BCUT2D eigenvalue weighted by Gasteiger charge is 2.24. The molecule has 2 heteroatoms. The lowest BCUT2D eigenvalue weighted by molar-refractivity contribution is 0.293. The summed E-state index contributed by atoms with van der Waals surface area (Å²) in [6, 6.07) is 7.33. The zero-order valence-corrected chi connectivity index (χ0v) is 11.2. The monoisotopic (exact) mass is 232 g/mol. The molecule has 1 atom stereocenters. The number of benzene rings is 1. The van der Waals surface area contributed by atoms with Crippen LogP contribution in [0, 0.1) is 19.8 Å². The number of aryl methyl sites for hydroxylation is 2. The van der Waals surface area contributed by atoms with E-state index in [0.29, 0.717) is 6.04 Å². The Balaban J connectivity index is 2.21. The lowest BCUT2D eigenvalue weighted by Crippen LogP contribution is -2.35. The zero-order chi connectivity index (χ0) is 12.3. The van der Waals surface area contributed by atoms with Gasteiger partial charge in [-0.2, -0.15) is 0 Å². The van der Waals surface area contributed by atoms with Crippen molar-refractivity contribution in [1.82, 2.24) is 10.6 Å². The second-order valence-electron chi connectivity index (χ2n) is 5.21. The van der Waals surface area contributed by atoms with Crippen LogP contribution in [0.5, 0.6) is 0 Å². The van der Waals surface area contributed by atoms with Crippen LogP contribution in [0.1, 0.15) is 35.6 Å². The fourth-order valence-corrected chi connectivity index (χ4v) is 3.00. The van der Waals surface area contributed by atoms with E-state index >= 15 is 0 Å². The highest BCUT2D eigenvalue weighted by atomic mass is 14.9. The van der Waals surface area contributed by atoms with Crippen LogP contribution in [-0.4, -0.2) is 20.1 Å². The number of hydrogen-bond acceptors (Lipinski definition) is 2. The summed E-state index contributed by atoms with van der Waals surface area (Å²) in [7, 11) is 2.09. The first-order valence-corrected chi connectivity index (χ1v) is 6.67. The molecule has 1 heterocycles. The molecule has 17 heavy (non-hydrogen) atoms.